The molecular formula is C25H29F2N5O3. The van der Waals surface area contributed by atoms with Crippen molar-refractivity contribution in [3.63, 3.8) is 0 Å². The molecule has 0 spiro atoms. The highest BCUT2D eigenvalue weighted by Gasteiger charge is 2.57. The number of alkyl halides is 2. The fourth-order valence-corrected chi connectivity index (χ4v) is 4.66. The number of carbonyl (C=O) groups excluding carboxylic acids is 1. The van der Waals surface area contributed by atoms with E-state index < -0.39 is 23.5 Å². The molecule has 1 aromatic carbocycles. The number of hydrogen-bond donors (Lipinski definition) is 1. The highest BCUT2D eigenvalue weighted by Crippen LogP contribution is 2.49. The summed E-state index contributed by atoms with van der Waals surface area (Å²) in [5.74, 6) is -2.92. The molecule has 5 rings (SSSR count). The lowest BCUT2D eigenvalue weighted by Crippen LogP contribution is -2.48. The van der Waals surface area contributed by atoms with E-state index in [1.807, 2.05) is 49.9 Å². The van der Waals surface area contributed by atoms with Gasteiger partial charge in [-0.15, -0.1) is 0 Å². The number of alkyl carbamates (subject to hydrolysis) is 1. The van der Waals surface area contributed by atoms with E-state index in [0.29, 0.717) is 29.9 Å². The SMILES string of the molecule is Cn1c(=O)n(CC2CC2(F)F)c2ccc(N3CC(NC(=O)OC(C)(C)C)Cc4ccccc43)nc21. The van der Waals surface area contributed by atoms with Crippen molar-refractivity contribution in [2.75, 3.05) is 11.4 Å². The predicted molar refractivity (Wildman–Crippen MR) is 128 cm³/mol. The Morgan fingerprint density at radius 2 is 1.94 bits per heavy atom. The molecule has 0 radical (unpaired) electrons. The van der Waals surface area contributed by atoms with Gasteiger partial charge in [0.15, 0.2) is 5.65 Å². The van der Waals surface area contributed by atoms with Gasteiger partial charge in [-0.25, -0.2) is 23.4 Å². The number of fused-ring (bicyclic) bond motifs is 2. The van der Waals surface area contributed by atoms with Crippen molar-refractivity contribution in [2.24, 2.45) is 13.0 Å². The first-order chi connectivity index (χ1) is 16.4. The first-order valence-electron chi connectivity index (χ1n) is 11.7. The topological polar surface area (TPSA) is 81.4 Å². The van der Waals surface area contributed by atoms with Crippen LogP contribution in [0.5, 0.6) is 0 Å². The second-order valence-electron chi connectivity index (χ2n) is 10.4. The smallest absolute Gasteiger partial charge is 0.407 e. The molecule has 10 heteroatoms. The Morgan fingerprint density at radius 3 is 2.63 bits per heavy atom. The molecule has 3 aromatic rings. The summed E-state index contributed by atoms with van der Waals surface area (Å²) in [4.78, 5) is 32.0. The van der Waals surface area contributed by atoms with E-state index in [4.69, 9.17) is 9.72 Å². The number of imidazole rings is 1. The van der Waals surface area contributed by atoms with Crippen molar-refractivity contribution in [1.82, 2.24) is 19.4 Å². The number of nitrogens with zero attached hydrogens (tertiary/aromatic N) is 4. The summed E-state index contributed by atoms with van der Waals surface area (Å²) in [6.45, 7) is 5.87. The number of aromatic nitrogens is 3. The molecule has 0 saturated heterocycles. The van der Waals surface area contributed by atoms with Crippen LogP contribution in [0.15, 0.2) is 41.2 Å². The van der Waals surface area contributed by atoms with Gasteiger partial charge in [-0.3, -0.25) is 9.13 Å². The van der Waals surface area contributed by atoms with Crippen molar-refractivity contribution >= 4 is 28.8 Å². The average molecular weight is 486 g/mol. The molecule has 1 saturated carbocycles. The number of hydrogen-bond acceptors (Lipinski definition) is 5. The van der Waals surface area contributed by atoms with Gasteiger partial charge in [0.25, 0.3) is 5.92 Å². The maximum atomic E-state index is 13.5. The van der Waals surface area contributed by atoms with E-state index in [2.05, 4.69) is 5.32 Å². The van der Waals surface area contributed by atoms with Gasteiger partial charge in [0.2, 0.25) is 0 Å². The number of amides is 1. The molecule has 1 aliphatic carbocycles. The summed E-state index contributed by atoms with van der Waals surface area (Å²) in [5.41, 5.74) is 1.99. The Hall–Kier alpha value is -3.43. The zero-order valence-corrected chi connectivity index (χ0v) is 20.2. The monoisotopic (exact) mass is 485 g/mol. The lowest BCUT2D eigenvalue weighted by molar-refractivity contribution is 0.0505. The molecule has 0 bridgehead atoms. The summed E-state index contributed by atoms with van der Waals surface area (Å²) in [5, 5.41) is 2.95. The van der Waals surface area contributed by atoms with Crippen LogP contribution in [0.25, 0.3) is 11.2 Å². The van der Waals surface area contributed by atoms with Crippen molar-refractivity contribution in [1.29, 1.82) is 0 Å². The lowest BCUT2D eigenvalue weighted by atomic mass is 9.98. The molecule has 1 N–H and O–H groups in total. The Morgan fingerprint density at radius 1 is 1.23 bits per heavy atom. The minimum absolute atomic E-state index is 0.0291. The first kappa shape index (κ1) is 23.3. The Balaban J connectivity index is 1.47. The van der Waals surface area contributed by atoms with Crippen LogP contribution in [0, 0.1) is 5.92 Å². The van der Waals surface area contributed by atoms with Crippen LogP contribution >= 0.6 is 0 Å². The third-order valence-corrected chi connectivity index (χ3v) is 6.47. The predicted octanol–water partition coefficient (Wildman–Crippen LogP) is 3.98. The molecule has 35 heavy (non-hydrogen) atoms. The molecular weight excluding hydrogens is 456 g/mol. The van der Waals surface area contributed by atoms with E-state index in [9.17, 15) is 18.4 Å². The number of halogens is 2. The molecule has 8 nitrogen and oxygen atoms in total. The van der Waals surface area contributed by atoms with Crippen LogP contribution in [0.1, 0.15) is 32.8 Å². The van der Waals surface area contributed by atoms with Crippen molar-refractivity contribution in [2.45, 2.75) is 57.7 Å². The number of nitrogens with one attached hydrogen (secondary N) is 1. The third-order valence-electron chi connectivity index (χ3n) is 6.47. The number of anilines is 2. The summed E-state index contributed by atoms with van der Waals surface area (Å²) >= 11 is 0. The summed E-state index contributed by atoms with van der Waals surface area (Å²) in [7, 11) is 1.60. The van der Waals surface area contributed by atoms with E-state index >= 15 is 0 Å². The molecule has 186 valence electrons. The number of pyridine rings is 1. The quantitative estimate of drug-likeness (QED) is 0.605. The fourth-order valence-electron chi connectivity index (χ4n) is 4.66. The second-order valence-corrected chi connectivity index (χ2v) is 10.4. The molecule has 3 heterocycles. The molecule has 2 atom stereocenters. The van der Waals surface area contributed by atoms with Gasteiger partial charge in [-0.1, -0.05) is 18.2 Å². The third kappa shape index (κ3) is 4.49. The number of benzene rings is 1. The summed E-state index contributed by atoms with van der Waals surface area (Å²) < 4.78 is 35.2. The standard InChI is InChI=1S/C25H29F2N5O3/c1-24(2,3)35-22(33)28-17-11-15-7-5-6-8-18(15)31(14-17)20-10-9-19-21(29-20)30(4)23(34)32(19)13-16-12-25(16,26)27/h5-10,16-17H,11-14H2,1-4H3,(H,28,33). The van der Waals surface area contributed by atoms with Crippen LogP contribution in [0.3, 0.4) is 0 Å². The maximum absolute atomic E-state index is 13.5. The highest BCUT2D eigenvalue weighted by molar-refractivity contribution is 5.77. The second kappa shape index (κ2) is 8.07. The first-order valence-corrected chi connectivity index (χ1v) is 11.7. The van der Waals surface area contributed by atoms with Gasteiger partial charge in [0.05, 0.1) is 11.6 Å². The Kier molecular flexibility index (Phi) is 5.37. The van der Waals surface area contributed by atoms with Crippen LogP contribution in [0.4, 0.5) is 25.1 Å². The minimum Gasteiger partial charge on any atom is -0.444 e. The van der Waals surface area contributed by atoms with Crippen molar-refractivity contribution in [3.8, 4) is 0 Å². The van der Waals surface area contributed by atoms with Gasteiger partial charge in [-0.05, 0) is 51.0 Å². The minimum atomic E-state index is -2.71. The lowest BCUT2D eigenvalue weighted by Gasteiger charge is -2.36. The van der Waals surface area contributed by atoms with Gasteiger partial charge in [0.1, 0.15) is 11.4 Å². The maximum Gasteiger partial charge on any atom is 0.407 e. The molecule has 2 aliphatic rings. The molecule has 1 aliphatic heterocycles. The van der Waals surface area contributed by atoms with Crippen LogP contribution in [-0.4, -0.2) is 44.3 Å². The number of aryl methyl sites for hydroxylation is 1. The largest absolute Gasteiger partial charge is 0.444 e. The molecule has 1 amide bonds. The van der Waals surface area contributed by atoms with Gasteiger partial charge in [0, 0.05) is 38.2 Å². The zero-order chi connectivity index (χ0) is 25.1. The van der Waals surface area contributed by atoms with Crippen molar-refractivity contribution in [3.05, 3.63) is 52.4 Å². The average Bonchev–Trinajstić information content (AvgIpc) is 3.32. The Bertz CT molecular complexity index is 1360. The summed E-state index contributed by atoms with van der Waals surface area (Å²) in [6.07, 6.45) is -0.0436. The molecule has 2 aromatic heterocycles. The van der Waals surface area contributed by atoms with E-state index in [0.717, 1.165) is 11.3 Å². The van der Waals surface area contributed by atoms with E-state index in [-0.39, 0.29) is 24.7 Å². The van der Waals surface area contributed by atoms with Gasteiger partial charge >= 0.3 is 11.8 Å². The van der Waals surface area contributed by atoms with Crippen molar-refractivity contribution < 1.29 is 18.3 Å². The number of ether oxygens (including phenoxy) is 1. The normalized spacial score (nSPS) is 21.0. The van der Waals surface area contributed by atoms with Gasteiger partial charge in [-0.2, -0.15) is 0 Å². The number of carbonyl (C=O) groups is 1. The number of rotatable bonds is 4. The Labute approximate surface area is 201 Å². The highest BCUT2D eigenvalue weighted by atomic mass is 19.3. The van der Waals surface area contributed by atoms with Gasteiger partial charge < -0.3 is 15.0 Å². The number of para-hydroxylation sites is 1. The molecule has 1 fully saturated rings. The van der Waals surface area contributed by atoms with Crippen LogP contribution in [0.2, 0.25) is 0 Å². The fraction of sp³-hybridized carbons (Fsp3) is 0.480. The summed E-state index contributed by atoms with van der Waals surface area (Å²) in [6, 6.07) is 11.2. The van der Waals surface area contributed by atoms with E-state index in [1.165, 1.54) is 9.13 Å². The van der Waals surface area contributed by atoms with Crippen LogP contribution < -0.4 is 15.9 Å². The van der Waals surface area contributed by atoms with E-state index in [1.54, 1.807) is 19.2 Å². The molecule has 2 unspecified atom stereocenters. The van der Waals surface area contributed by atoms with Crippen LogP contribution in [-0.2, 0) is 24.8 Å². The zero-order valence-electron chi connectivity index (χ0n) is 20.2.